The van der Waals surface area contributed by atoms with Crippen molar-refractivity contribution < 1.29 is 18.9 Å². The largest absolute Gasteiger partial charge is 0.487 e. The van der Waals surface area contributed by atoms with E-state index >= 15 is 0 Å². The Labute approximate surface area is 107 Å². The van der Waals surface area contributed by atoms with Crippen molar-refractivity contribution in [3.63, 3.8) is 0 Å². The van der Waals surface area contributed by atoms with Crippen molar-refractivity contribution in [1.82, 2.24) is 0 Å². The maximum atomic E-state index is 5.76. The molecule has 2 saturated heterocycles. The summed E-state index contributed by atoms with van der Waals surface area (Å²) in [6, 6.07) is 7.70. The van der Waals surface area contributed by atoms with Gasteiger partial charge in [-0.3, -0.25) is 0 Å². The standard InChI is InChI=1S/C14H18O4/c1-13(9-17-13)7-15-11-5-3-4-6-12(11)16-8-14(2)10-18-14/h3-6H,7-10H2,1-2H3/t13-,14-/m0/s1. The SMILES string of the molecule is C[C@]1(COc2ccccc2OC[C@@]2(C)CO2)CO1. The average molecular weight is 250 g/mol. The van der Waals surface area contributed by atoms with Gasteiger partial charge in [0, 0.05) is 0 Å². The third-order valence-corrected chi connectivity index (χ3v) is 3.19. The van der Waals surface area contributed by atoms with E-state index in [1.165, 1.54) is 0 Å². The molecule has 0 bridgehead atoms. The second-order valence-electron chi connectivity index (χ2n) is 5.50. The molecule has 4 heteroatoms. The van der Waals surface area contributed by atoms with E-state index in [-0.39, 0.29) is 11.2 Å². The number of benzene rings is 1. The smallest absolute Gasteiger partial charge is 0.161 e. The molecule has 2 atom stereocenters. The average Bonchev–Trinajstić information content (AvgIpc) is 3.27. The number of epoxide rings is 2. The fraction of sp³-hybridized carbons (Fsp3) is 0.571. The van der Waals surface area contributed by atoms with Crippen LogP contribution >= 0.6 is 0 Å². The van der Waals surface area contributed by atoms with E-state index in [2.05, 4.69) is 0 Å². The van der Waals surface area contributed by atoms with Gasteiger partial charge in [-0.05, 0) is 26.0 Å². The van der Waals surface area contributed by atoms with E-state index < -0.39 is 0 Å². The number of hydrogen-bond donors (Lipinski definition) is 0. The maximum absolute atomic E-state index is 5.76. The van der Waals surface area contributed by atoms with Gasteiger partial charge in [0.1, 0.15) is 24.4 Å². The van der Waals surface area contributed by atoms with Crippen LogP contribution in [0.5, 0.6) is 11.5 Å². The molecule has 4 nitrogen and oxygen atoms in total. The molecule has 1 aromatic carbocycles. The molecule has 0 amide bonds. The van der Waals surface area contributed by atoms with Gasteiger partial charge in [-0.2, -0.15) is 0 Å². The minimum atomic E-state index is -0.112. The summed E-state index contributed by atoms with van der Waals surface area (Å²) in [5, 5.41) is 0. The zero-order valence-electron chi connectivity index (χ0n) is 10.8. The van der Waals surface area contributed by atoms with Gasteiger partial charge >= 0.3 is 0 Å². The lowest BCUT2D eigenvalue weighted by atomic mass is 10.2. The van der Waals surface area contributed by atoms with Crippen LogP contribution in [-0.2, 0) is 9.47 Å². The molecule has 0 aliphatic carbocycles. The molecule has 1 aromatic rings. The summed E-state index contributed by atoms with van der Waals surface area (Å²) in [4.78, 5) is 0. The molecule has 0 aromatic heterocycles. The second-order valence-corrected chi connectivity index (χ2v) is 5.50. The van der Waals surface area contributed by atoms with Gasteiger partial charge in [0.2, 0.25) is 0 Å². The van der Waals surface area contributed by atoms with Gasteiger partial charge in [-0.15, -0.1) is 0 Å². The monoisotopic (exact) mass is 250 g/mol. The predicted octanol–water partition coefficient (Wildman–Crippen LogP) is 2.02. The van der Waals surface area contributed by atoms with E-state index in [4.69, 9.17) is 18.9 Å². The summed E-state index contributed by atoms with van der Waals surface area (Å²) in [7, 11) is 0. The van der Waals surface area contributed by atoms with Crippen LogP contribution in [0.25, 0.3) is 0 Å². The quantitative estimate of drug-likeness (QED) is 0.724. The molecule has 0 spiro atoms. The van der Waals surface area contributed by atoms with E-state index in [9.17, 15) is 0 Å². The highest BCUT2D eigenvalue weighted by molar-refractivity contribution is 5.39. The molecule has 3 rings (SSSR count). The Morgan fingerprint density at radius 2 is 1.33 bits per heavy atom. The Morgan fingerprint density at radius 3 is 1.67 bits per heavy atom. The van der Waals surface area contributed by atoms with Crippen molar-refractivity contribution in [3.05, 3.63) is 24.3 Å². The molecule has 98 valence electrons. The fourth-order valence-corrected chi connectivity index (χ4v) is 1.56. The zero-order valence-corrected chi connectivity index (χ0v) is 10.8. The van der Waals surface area contributed by atoms with Crippen LogP contribution in [0.15, 0.2) is 24.3 Å². The summed E-state index contributed by atoms with van der Waals surface area (Å²) in [5.74, 6) is 1.52. The van der Waals surface area contributed by atoms with E-state index in [1.54, 1.807) is 0 Å². The van der Waals surface area contributed by atoms with Gasteiger partial charge in [0.25, 0.3) is 0 Å². The van der Waals surface area contributed by atoms with E-state index in [0.29, 0.717) is 13.2 Å². The first-order valence-electron chi connectivity index (χ1n) is 6.21. The molecule has 2 aliphatic rings. The Morgan fingerprint density at radius 1 is 0.944 bits per heavy atom. The van der Waals surface area contributed by atoms with Crippen molar-refractivity contribution in [2.24, 2.45) is 0 Å². The van der Waals surface area contributed by atoms with Crippen LogP contribution in [0.1, 0.15) is 13.8 Å². The summed E-state index contributed by atoms with van der Waals surface area (Å²) in [6.07, 6.45) is 0. The van der Waals surface area contributed by atoms with E-state index in [1.807, 2.05) is 38.1 Å². The minimum absolute atomic E-state index is 0.112. The third kappa shape index (κ3) is 2.76. The molecule has 0 unspecified atom stereocenters. The molecule has 0 radical (unpaired) electrons. The van der Waals surface area contributed by atoms with Crippen molar-refractivity contribution >= 4 is 0 Å². The molecule has 2 aliphatic heterocycles. The predicted molar refractivity (Wildman–Crippen MR) is 66.1 cm³/mol. The maximum Gasteiger partial charge on any atom is 0.161 e. The Balaban J connectivity index is 1.61. The van der Waals surface area contributed by atoms with Crippen LogP contribution < -0.4 is 9.47 Å². The third-order valence-electron chi connectivity index (χ3n) is 3.19. The lowest BCUT2D eigenvalue weighted by Gasteiger charge is -2.14. The first kappa shape index (κ1) is 11.8. The summed E-state index contributed by atoms with van der Waals surface area (Å²) >= 11 is 0. The zero-order chi connectivity index (χ0) is 12.6. The molecule has 0 N–H and O–H groups in total. The Bertz CT molecular complexity index is 394. The number of ether oxygens (including phenoxy) is 4. The van der Waals surface area contributed by atoms with Crippen LogP contribution in [0.2, 0.25) is 0 Å². The van der Waals surface area contributed by atoms with Crippen LogP contribution in [0.3, 0.4) is 0 Å². The summed E-state index contributed by atoms with van der Waals surface area (Å²) in [5.41, 5.74) is -0.225. The van der Waals surface area contributed by atoms with Gasteiger partial charge in [-0.1, -0.05) is 12.1 Å². The van der Waals surface area contributed by atoms with Crippen molar-refractivity contribution in [2.75, 3.05) is 26.4 Å². The molecular formula is C14H18O4. The lowest BCUT2D eigenvalue weighted by molar-refractivity contribution is 0.176. The molecule has 0 saturated carbocycles. The molecule has 2 heterocycles. The van der Waals surface area contributed by atoms with Gasteiger partial charge in [0.15, 0.2) is 11.5 Å². The van der Waals surface area contributed by atoms with Crippen LogP contribution in [0, 0.1) is 0 Å². The normalized spacial score (nSPS) is 33.0. The molecular weight excluding hydrogens is 232 g/mol. The minimum Gasteiger partial charge on any atom is -0.487 e. The first-order chi connectivity index (χ1) is 8.59. The van der Waals surface area contributed by atoms with Gasteiger partial charge in [-0.25, -0.2) is 0 Å². The molecule has 18 heavy (non-hydrogen) atoms. The van der Waals surface area contributed by atoms with Crippen molar-refractivity contribution in [1.29, 1.82) is 0 Å². The summed E-state index contributed by atoms with van der Waals surface area (Å²) in [6.45, 7) is 6.72. The van der Waals surface area contributed by atoms with Crippen molar-refractivity contribution in [3.8, 4) is 11.5 Å². The van der Waals surface area contributed by atoms with Crippen LogP contribution in [-0.4, -0.2) is 37.6 Å². The second kappa shape index (κ2) is 4.14. The van der Waals surface area contributed by atoms with Crippen LogP contribution in [0.4, 0.5) is 0 Å². The molecule has 2 fully saturated rings. The number of hydrogen-bond acceptors (Lipinski definition) is 4. The Hall–Kier alpha value is -1.26. The highest BCUT2D eigenvalue weighted by atomic mass is 16.6. The first-order valence-corrected chi connectivity index (χ1v) is 6.21. The Kier molecular flexibility index (Phi) is 2.72. The summed E-state index contributed by atoms with van der Waals surface area (Å²) < 4.78 is 22.1. The lowest BCUT2D eigenvalue weighted by Crippen LogP contribution is -2.19. The van der Waals surface area contributed by atoms with Gasteiger partial charge < -0.3 is 18.9 Å². The number of para-hydroxylation sites is 2. The van der Waals surface area contributed by atoms with Gasteiger partial charge in [0.05, 0.1) is 13.2 Å². The highest BCUT2D eigenvalue weighted by Crippen LogP contribution is 2.33. The fourth-order valence-electron chi connectivity index (χ4n) is 1.56. The van der Waals surface area contributed by atoms with E-state index in [0.717, 1.165) is 24.7 Å². The highest BCUT2D eigenvalue weighted by Gasteiger charge is 2.41. The van der Waals surface area contributed by atoms with Crippen molar-refractivity contribution in [2.45, 2.75) is 25.0 Å². The number of rotatable bonds is 6. The topological polar surface area (TPSA) is 43.5 Å².